The molecule has 0 spiro atoms. The number of esters is 1. The molecule has 0 unspecified atom stereocenters. The predicted molar refractivity (Wildman–Crippen MR) is 66.1 cm³/mol. The van der Waals surface area contributed by atoms with Gasteiger partial charge in [0, 0.05) is 5.56 Å². The third kappa shape index (κ3) is 4.38. The molecule has 0 bridgehead atoms. The van der Waals surface area contributed by atoms with E-state index in [2.05, 4.69) is 11.8 Å². The summed E-state index contributed by atoms with van der Waals surface area (Å²) in [5.41, 5.74) is 0.746. The molecule has 0 radical (unpaired) electrons. The number of rotatable bonds is 3. The third-order valence-electron chi connectivity index (χ3n) is 1.92. The van der Waals surface area contributed by atoms with Gasteiger partial charge in [-0.25, -0.2) is 0 Å². The Balaban J connectivity index is 2.69. The molecule has 90 valence electrons. The smallest absolute Gasteiger partial charge is 0.317 e. The average molecular weight is 253 g/mol. The summed E-state index contributed by atoms with van der Waals surface area (Å²) in [4.78, 5) is 11.0. The van der Waals surface area contributed by atoms with Crippen molar-refractivity contribution in [2.45, 2.75) is 13.3 Å². The van der Waals surface area contributed by atoms with Gasteiger partial charge in [-0.15, -0.1) is 0 Å². The van der Waals surface area contributed by atoms with Gasteiger partial charge in [0.2, 0.25) is 0 Å². The lowest BCUT2D eigenvalue weighted by Crippen LogP contribution is -2.01. The molecule has 0 saturated carbocycles. The normalized spacial score (nSPS) is 9.12. The van der Waals surface area contributed by atoms with Gasteiger partial charge < -0.3 is 9.47 Å². The summed E-state index contributed by atoms with van der Waals surface area (Å²) in [6, 6.07) is 5.19. The van der Waals surface area contributed by atoms with Crippen molar-refractivity contribution in [1.82, 2.24) is 0 Å². The van der Waals surface area contributed by atoms with E-state index in [1.54, 1.807) is 25.1 Å². The molecule has 0 amide bonds. The highest BCUT2D eigenvalue weighted by Crippen LogP contribution is 2.24. The van der Waals surface area contributed by atoms with Crippen molar-refractivity contribution in [2.24, 2.45) is 0 Å². The fraction of sp³-hybridized carbons (Fsp3) is 0.308. The summed E-state index contributed by atoms with van der Waals surface area (Å²) in [7, 11) is 1.54. The van der Waals surface area contributed by atoms with E-state index in [0.717, 1.165) is 5.56 Å². The highest BCUT2D eigenvalue weighted by molar-refractivity contribution is 6.32. The van der Waals surface area contributed by atoms with Crippen LogP contribution in [0.25, 0.3) is 0 Å². The van der Waals surface area contributed by atoms with Crippen LogP contribution in [-0.4, -0.2) is 19.7 Å². The van der Waals surface area contributed by atoms with Crippen LogP contribution in [0.5, 0.6) is 5.75 Å². The molecule has 0 N–H and O–H groups in total. The number of methoxy groups -OCH3 is 1. The Morgan fingerprint density at radius 1 is 1.47 bits per heavy atom. The second kappa shape index (κ2) is 6.82. The van der Waals surface area contributed by atoms with E-state index in [4.69, 9.17) is 21.1 Å². The van der Waals surface area contributed by atoms with E-state index in [1.165, 1.54) is 7.11 Å². The van der Waals surface area contributed by atoms with Gasteiger partial charge in [-0.2, -0.15) is 0 Å². The van der Waals surface area contributed by atoms with Gasteiger partial charge in [0.15, 0.2) is 0 Å². The molecule has 0 aliphatic heterocycles. The van der Waals surface area contributed by atoms with Crippen LogP contribution in [0.4, 0.5) is 0 Å². The number of carbonyl (C=O) groups excluding carboxylic acids is 1. The molecule has 1 aromatic carbocycles. The molecule has 0 fully saturated rings. The third-order valence-corrected chi connectivity index (χ3v) is 2.23. The van der Waals surface area contributed by atoms with Crippen molar-refractivity contribution in [1.29, 1.82) is 0 Å². The lowest BCUT2D eigenvalue weighted by Gasteiger charge is -2.02. The monoisotopic (exact) mass is 252 g/mol. The van der Waals surface area contributed by atoms with Crippen LogP contribution in [0.1, 0.15) is 18.9 Å². The van der Waals surface area contributed by atoms with Gasteiger partial charge in [0.25, 0.3) is 0 Å². The van der Waals surface area contributed by atoms with E-state index in [0.29, 0.717) is 17.4 Å². The number of benzene rings is 1. The molecule has 17 heavy (non-hydrogen) atoms. The molecule has 3 nitrogen and oxygen atoms in total. The first-order valence-electron chi connectivity index (χ1n) is 5.15. The lowest BCUT2D eigenvalue weighted by molar-refractivity contribution is -0.141. The predicted octanol–water partition coefficient (Wildman–Crippen LogP) is 2.65. The van der Waals surface area contributed by atoms with Crippen LogP contribution in [0.3, 0.4) is 0 Å². The highest BCUT2D eigenvalue weighted by Gasteiger charge is 2.00. The molecule has 0 aliphatic rings. The molecule has 0 heterocycles. The number of hydrogen-bond acceptors (Lipinski definition) is 3. The minimum Gasteiger partial charge on any atom is -0.495 e. The van der Waals surface area contributed by atoms with E-state index < -0.39 is 0 Å². The topological polar surface area (TPSA) is 35.5 Å². The molecule has 0 aliphatic carbocycles. The van der Waals surface area contributed by atoms with Crippen LogP contribution in [0, 0.1) is 11.8 Å². The maximum Gasteiger partial charge on any atom is 0.317 e. The standard InChI is InChI=1S/C13H13ClO3/c1-3-17-13(15)6-4-5-10-7-8-11(14)12(9-10)16-2/h7-9H,3,6H2,1-2H3. The molecule has 0 saturated heterocycles. The van der Waals surface area contributed by atoms with Crippen LogP contribution in [0.15, 0.2) is 18.2 Å². The first-order valence-corrected chi connectivity index (χ1v) is 5.53. The van der Waals surface area contributed by atoms with Crippen molar-refractivity contribution in [2.75, 3.05) is 13.7 Å². The zero-order valence-corrected chi connectivity index (χ0v) is 10.5. The van der Waals surface area contributed by atoms with E-state index >= 15 is 0 Å². The summed E-state index contributed by atoms with van der Waals surface area (Å²) in [5.74, 6) is 5.83. The zero-order chi connectivity index (χ0) is 12.7. The fourth-order valence-corrected chi connectivity index (χ4v) is 1.36. The highest BCUT2D eigenvalue weighted by atomic mass is 35.5. The van der Waals surface area contributed by atoms with Crippen molar-refractivity contribution >= 4 is 17.6 Å². The largest absolute Gasteiger partial charge is 0.495 e. The van der Waals surface area contributed by atoms with Gasteiger partial charge >= 0.3 is 5.97 Å². The second-order valence-corrected chi connectivity index (χ2v) is 3.54. The van der Waals surface area contributed by atoms with Gasteiger partial charge in [-0.3, -0.25) is 4.79 Å². The first kappa shape index (κ1) is 13.4. The minimum atomic E-state index is -0.319. The van der Waals surface area contributed by atoms with E-state index in [9.17, 15) is 4.79 Å². The Morgan fingerprint density at radius 3 is 2.88 bits per heavy atom. The number of ether oxygens (including phenoxy) is 2. The van der Waals surface area contributed by atoms with Crippen LogP contribution in [-0.2, 0) is 9.53 Å². The first-order chi connectivity index (χ1) is 8.17. The molecular formula is C13H13ClO3. The van der Waals surface area contributed by atoms with Crippen LogP contribution in [0.2, 0.25) is 5.02 Å². The molecular weight excluding hydrogens is 240 g/mol. The van der Waals surface area contributed by atoms with Gasteiger partial charge in [-0.05, 0) is 25.1 Å². The minimum absolute atomic E-state index is 0.0821. The number of hydrogen-bond donors (Lipinski definition) is 0. The van der Waals surface area contributed by atoms with Gasteiger partial charge in [-0.1, -0.05) is 23.4 Å². The molecule has 1 aromatic rings. The Hall–Kier alpha value is -1.66. The summed E-state index contributed by atoms with van der Waals surface area (Å²) >= 11 is 5.87. The zero-order valence-electron chi connectivity index (χ0n) is 9.75. The average Bonchev–Trinajstić information content (AvgIpc) is 2.31. The number of halogens is 1. The van der Waals surface area contributed by atoms with Gasteiger partial charge in [0.1, 0.15) is 12.2 Å². The SMILES string of the molecule is CCOC(=O)CC#Cc1ccc(Cl)c(OC)c1. The Labute approximate surface area is 106 Å². The quantitative estimate of drug-likeness (QED) is 0.613. The summed E-state index contributed by atoms with van der Waals surface area (Å²) < 4.78 is 9.82. The molecule has 1 rings (SSSR count). The van der Waals surface area contributed by atoms with Crippen LogP contribution >= 0.6 is 11.6 Å². The van der Waals surface area contributed by atoms with Crippen molar-refractivity contribution in [3.8, 4) is 17.6 Å². The maximum atomic E-state index is 11.0. The Kier molecular flexibility index (Phi) is 5.38. The van der Waals surface area contributed by atoms with Crippen molar-refractivity contribution in [3.63, 3.8) is 0 Å². The van der Waals surface area contributed by atoms with E-state index in [-0.39, 0.29) is 12.4 Å². The van der Waals surface area contributed by atoms with Crippen molar-refractivity contribution in [3.05, 3.63) is 28.8 Å². The lowest BCUT2D eigenvalue weighted by atomic mass is 10.2. The number of carbonyl (C=O) groups is 1. The molecule has 4 heteroatoms. The summed E-state index contributed by atoms with van der Waals surface area (Å²) in [5, 5.41) is 0.531. The fourth-order valence-electron chi connectivity index (χ4n) is 1.17. The summed E-state index contributed by atoms with van der Waals surface area (Å²) in [6.07, 6.45) is 0.0821. The Bertz CT molecular complexity index is 457. The summed E-state index contributed by atoms with van der Waals surface area (Å²) in [6.45, 7) is 2.13. The molecule has 0 aromatic heterocycles. The van der Waals surface area contributed by atoms with E-state index in [1.807, 2.05) is 0 Å². The van der Waals surface area contributed by atoms with Crippen LogP contribution < -0.4 is 4.74 Å². The maximum absolute atomic E-state index is 11.0. The molecule has 0 atom stereocenters. The van der Waals surface area contributed by atoms with Gasteiger partial charge in [0.05, 0.1) is 18.7 Å². The second-order valence-electron chi connectivity index (χ2n) is 3.13. The Morgan fingerprint density at radius 2 is 2.24 bits per heavy atom. The van der Waals surface area contributed by atoms with Crippen molar-refractivity contribution < 1.29 is 14.3 Å².